The van der Waals surface area contributed by atoms with Gasteiger partial charge in [0.05, 0.1) is 0 Å². The van der Waals surface area contributed by atoms with Crippen LogP contribution in [0, 0.1) is 0 Å². The van der Waals surface area contributed by atoms with Crippen molar-refractivity contribution in [2.24, 2.45) is 0 Å². The van der Waals surface area contributed by atoms with Crippen molar-refractivity contribution in [1.29, 1.82) is 0 Å². The number of carbonyl (C=O) groups is 1. The van der Waals surface area contributed by atoms with Crippen molar-refractivity contribution >= 4 is 6.09 Å². The fourth-order valence-electron chi connectivity index (χ4n) is 2.50. The summed E-state index contributed by atoms with van der Waals surface area (Å²) in [5, 5.41) is 2.83. The van der Waals surface area contributed by atoms with Crippen LogP contribution in [-0.4, -0.2) is 23.2 Å². The molecule has 1 fully saturated rings. The number of nitrogens with one attached hydrogen (secondary N) is 2. The van der Waals surface area contributed by atoms with Crippen molar-refractivity contribution in [3.05, 3.63) is 34.2 Å². The molecule has 5 heteroatoms. The number of H-pyrrole nitrogens is 1. The summed E-state index contributed by atoms with van der Waals surface area (Å²) in [6.07, 6.45) is 4.32. The fraction of sp³-hybridized carbons (Fsp3) is 0.600. The number of alkyl carbamates (subject to hydrolysis) is 1. The maximum atomic E-state index is 11.7. The Bertz CT molecular complexity index is 539. The second-order valence-electron chi connectivity index (χ2n) is 6.43. The molecule has 0 saturated heterocycles. The van der Waals surface area contributed by atoms with E-state index in [1.807, 2.05) is 26.8 Å². The van der Waals surface area contributed by atoms with E-state index in [4.69, 9.17) is 4.74 Å². The van der Waals surface area contributed by atoms with Crippen molar-refractivity contribution < 1.29 is 9.53 Å². The lowest BCUT2D eigenvalue weighted by Gasteiger charge is -2.42. The van der Waals surface area contributed by atoms with Gasteiger partial charge in [-0.3, -0.25) is 4.79 Å². The maximum Gasteiger partial charge on any atom is 0.407 e. The number of aromatic nitrogens is 1. The third-order valence-corrected chi connectivity index (χ3v) is 3.67. The third kappa shape index (κ3) is 3.40. The molecular formula is C15H22N2O3. The molecule has 0 bridgehead atoms. The van der Waals surface area contributed by atoms with Crippen LogP contribution in [0.5, 0.6) is 0 Å². The summed E-state index contributed by atoms with van der Waals surface area (Å²) in [6, 6.07) is 3.53. The van der Waals surface area contributed by atoms with Gasteiger partial charge in [-0.25, -0.2) is 4.79 Å². The SMILES string of the molecule is CC(C)(C)OC(=O)NCC1(c2cc[nH]c(=O)c2)CCC1. The topological polar surface area (TPSA) is 71.2 Å². The summed E-state index contributed by atoms with van der Waals surface area (Å²) < 4.78 is 5.24. The molecule has 110 valence electrons. The molecular weight excluding hydrogens is 256 g/mol. The first-order valence-corrected chi connectivity index (χ1v) is 6.97. The average molecular weight is 278 g/mol. The van der Waals surface area contributed by atoms with E-state index in [9.17, 15) is 9.59 Å². The molecule has 2 rings (SSSR count). The average Bonchev–Trinajstić information content (AvgIpc) is 2.25. The molecule has 1 aromatic rings. The molecule has 1 aromatic heterocycles. The summed E-state index contributed by atoms with van der Waals surface area (Å²) in [7, 11) is 0. The van der Waals surface area contributed by atoms with E-state index in [-0.39, 0.29) is 11.0 Å². The van der Waals surface area contributed by atoms with E-state index in [0.29, 0.717) is 6.54 Å². The van der Waals surface area contributed by atoms with Crippen molar-refractivity contribution in [1.82, 2.24) is 10.3 Å². The van der Waals surface area contributed by atoms with Gasteiger partial charge in [0.1, 0.15) is 5.60 Å². The highest BCUT2D eigenvalue weighted by Crippen LogP contribution is 2.42. The molecule has 1 aliphatic carbocycles. The zero-order valence-corrected chi connectivity index (χ0v) is 12.3. The number of carbonyl (C=O) groups excluding carboxylic acids is 1. The van der Waals surface area contributed by atoms with Crippen LogP contribution in [0.25, 0.3) is 0 Å². The Labute approximate surface area is 118 Å². The van der Waals surface area contributed by atoms with Crippen LogP contribution in [0.15, 0.2) is 23.1 Å². The summed E-state index contributed by atoms with van der Waals surface area (Å²) in [6.45, 7) is 6.01. The molecule has 0 unspecified atom stereocenters. The van der Waals surface area contributed by atoms with Gasteiger partial charge in [0, 0.05) is 24.2 Å². The van der Waals surface area contributed by atoms with Crippen LogP contribution in [-0.2, 0) is 10.2 Å². The van der Waals surface area contributed by atoms with Crippen LogP contribution in [0.3, 0.4) is 0 Å². The molecule has 20 heavy (non-hydrogen) atoms. The molecule has 1 saturated carbocycles. The summed E-state index contributed by atoms with van der Waals surface area (Å²) in [4.78, 5) is 25.8. The molecule has 0 aliphatic heterocycles. The molecule has 0 atom stereocenters. The van der Waals surface area contributed by atoms with Gasteiger partial charge in [-0.15, -0.1) is 0 Å². The van der Waals surface area contributed by atoms with Gasteiger partial charge in [0.2, 0.25) is 5.56 Å². The van der Waals surface area contributed by atoms with Crippen LogP contribution in [0.1, 0.15) is 45.6 Å². The van der Waals surface area contributed by atoms with Crippen molar-refractivity contribution in [2.45, 2.75) is 51.0 Å². The van der Waals surface area contributed by atoms with Crippen molar-refractivity contribution in [2.75, 3.05) is 6.54 Å². The van der Waals surface area contributed by atoms with Gasteiger partial charge >= 0.3 is 6.09 Å². The van der Waals surface area contributed by atoms with E-state index >= 15 is 0 Å². The molecule has 0 spiro atoms. The number of hydrogen-bond acceptors (Lipinski definition) is 3. The Morgan fingerprint density at radius 2 is 2.15 bits per heavy atom. The van der Waals surface area contributed by atoms with Crippen LogP contribution in [0.4, 0.5) is 4.79 Å². The third-order valence-electron chi connectivity index (χ3n) is 3.67. The zero-order chi connectivity index (χ0) is 14.8. The Morgan fingerprint density at radius 1 is 1.45 bits per heavy atom. The van der Waals surface area contributed by atoms with Gasteiger partial charge in [-0.2, -0.15) is 0 Å². The van der Waals surface area contributed by atoms with E-state index in [0.717, 1.165) is 24.8 Å². The minimum absolute atomic E-state index is 0.106. The Morgan fingerprint density at radius 3 is 2.65 bits per heavy atom. The number of hydrogen-bond donors (Lipinski definition) is 2. The first kappa shape index (κ1) is 14.6. The van der Waals surface area contributed by atoms with Crippen LogP contribution in [0.2, 0.25) is 0 Å². The van der Waals surface area contributed by atoms with E-state index in [2.05, 4.69) is 10.3 Å². The van der Waals surface area contributed by atoms with E-state index in [1.54, 1.807) is 12.3 Å². The van der Waals surface area contributed by atoms with Crippen LogP contribution >= 0.6 is 0 Å². The lowest BCUT2D eigenvalue weighted by Crippen LogP contribution is -2.47. The van der Waals surface area contributed by atoms with Gasteiger partial charge in [-0.1, -0.05) is 6.42 Å². The molecule has 2 N–H and O–H groups in total. The van der Waals surface area contributed by atoms with Crippen molar-refractivity contribution in [3.8, 4) is 0 Å². The second-order valence-corrected chi connectivity index (χ2v) is 6.43. The minimum Gasteiger partial charge on any atom is -0.444 e. The highest BCUT2D eigenvalue weighted by atomic mass is 16.6. The Balaban J connectivity index is 2.02. The number of aromatic amines is 1. The first-order valence-electron chi connectivity index (χ1n) is 6.97. The van der Waals surface area contributed by atoms with E-state index in [1.165, 1.54) is 0 Å². The van der Waals surface area contributed by atoms with Gasteiger partial charge in [-0.05, 0) is 45.2 Å². The second kappa shape index (κ2) is 5.31. The molecule has 1 amide bonds. The van der Waals surface area contributed by atoms with Crippen molar-refractivity contribution in [3.63, 3.8) is 0 Å². The number of ether oxygens (including phenoxy) is 1. The lowest BCUT2D eigenvalue weighted by atomic mass is 9.64. The Hall–Kier alpha value is -1.78. The normalized spacial score (nSPS) is 17.1. The number of rotatable bonds is 3. The quantitative estimate of drug-likeness (QED) is 0.891. The standard InChI is InChI=1S/C15H22N2O3/c1-14(2,3)20-13(19)17-10-15(6-4-7-15)11-5-8-16-12(18)9-11/h5,8-9H,4,6-7,10H2,1-3H3,(H,16,18)(H,17,19). The first-order chi connectivity index (χ1) is 9.31. The summed E-state index contributed by atoms with van der Waals surface area (Å²) in [5.74, 6) is 0. The predicted molar refractivity (Wildman–Crippen MR) is 76.8 cm³/mol. The van der Waals surface area contributed by atoms with E-state index < -0.39 is 11.7 Å². The molecule has 0 aromatic carbocycles. The highest BCUT2D eigenvalue weighted by Gasteiger charge is 2.39. The van der Waals surface area contributed by atoms with Gasteiger partial charge in [0.25, 0.3) is 0 Å². The van der Waals surface area contributed by atoms with Crippen LogP contribution < -0.4 is 10.9 Å². The fourth-order valence-corrected chi connectivity index (χ4v) is 2.50. The molecule has 1 aliphatic rings. The largest absolute Gasteiger partial charge is 0.444 e. The molecule has 0 radical (unpaired) electrons. The minimum atomic E-state index is -0.499. The molecule has 5 nitrogen and oxygen atoms in total. The number of pyridine rings is 1. The molecule has 1 heterocycles. The lowest BCUT2D eigenvalue weighted by molar-refractivity contribution is 0.0499. The number of amides is 1. The Kier molecular flexibility index (Phi) is 3.88. The smallest absolute Gasteiger partial charge is 0.407 e. The highest BCUT2D eigenvalue weighted by molar-refractivity contribution is 5.67. The summed E-state index contributed by atoms with van der Waals surface area (Å²) >= 11 is 0. The monoisotopic (exact) mass is 278 g/mol. The zero-order valence-electron chi connectivity index (χ0n) is 12.3. The maximum absolute atomic E-state index is 11.7. The predicted octanol–water partition coefficient (Wildman–Crippen LogP) is 2.32. The van der Waals surface area contributed by atoms with Gasteiger partial charge < -0.3 is 15.0 Å². The van der Waals surface area contributed by atoms with Gasteiger partial charge in [0.15, 0.2) is 0 Å². The summed E-state index contributed by atoms with van der Waals surface area (Å²) in [5.41, 5.74) is 0.265.